The van der Waals surface area contributed by atoms with Gasteiger partial charge in [0.15, 0.2) is 0 Å². The zero-order valence-corrected chi connectivity index (χ0v) is 9.53. The van der Waals surface area contributed by atoms with Gasteiger partial charge in [0.2, 0.25) is 0 Å². The monoisotopic (exact) mass is 220 g/mol. The number of benzene rings is 1. The van der Waals surface area contributed by atoms with Crippen molar-refractivity contribution in [2.75, 3.05) is 23.7 Å². The number of nitrogen functional groups attached to an aromatic ring is 1. The number of rotatable bonds is 2. The summed E-state index contributed by atoms with van der Waals surface area (Å²) in [7, 11) is 0. The summed E-state index contributed by atoms with van der Waals surface area (Å²) in [5.74, 6) is -0.924. The van der Waals surface area contributed by atoms with E-state index in [1.165, 1.54) is 6.07 Å². The normalized spacial score (nSPS) is 18.0. The third-order valence-electron chi connectivity index (χ3n) is 2.83. The van der Waals surface area contributed by atoms with Crippen molar-refractivity contribution in [1.82, 2.24) is 0 Å². The standard InChI is InChI=1S/C12H16N2O2/c1-12(2)6-14(7-12)10-4-3-8(13)5-9(10)11(15)16/h3-5H,6-7,13H2,1-2H3,(H,15,16). The van der Waals surface area contributed by atoms with Crippen LogP contribution in [0.1, 0.15) is 24.2 Å². The first-order valence-electron chi connectivity index (χ1n) is 5.27. The Hall–Kier alpha value is -1.71. The zero-order chi connectivity index (χ0) is 11.9. The fourth-order valence-electron chi connectivity index (χ4n) is 2.16. The molecule has 0 radical (unpaired) electrons. The SMILES string of the molecule is CC1(C)CN(c2ccc(N)cc2C(=O)O)C1. The molecule has 2 rings (SSSR count). The van der Waals surface area contributed by atoms with Gasteiger partial charge in [-0.15, -0.1) is 0 Å². The van der Waals surface area contributed by atoms with Gasteiger partial charge in [0.1, 0.15) is 0 Å². The molecule has 0 aromatic heterocycles. The third-order valence-corrected chi connectivity index (χ3v) is 2.83. The highest BCUT2D eigenvalue weighted by atomic mass is 16.4. The van der Waals surface area contributed by atoms with Crippen molar-refractivity contribution in [3.05, 3.63) is 23.8 Å². The van der Waals surface area contributed by atoms with Gasteiger partial charge in [0.25, 0.3) is 0 Å². The van der Waals surface area contributed by atoms with Crippen LogP contribution in [-0.4, -0.2) is 24.2 Å². The maximum Gasteiger partial charge on any atom is 0.337 e. The molecule has 4 heteroatoms. The molecule has 0 saturated carbocycles. The molecule has 4 nitrogen and oxygen atoms in total. The summed E-state index contributed by atoms with van der Waals surface area (Å²) in [5, 5.41) is 9.11. The molecule has 1 fully saturated rings. The summed E-state index contributed by atoms with van der Waals surface area (Å²) in [4.78, 5) is 13.2. The molecule has 1 aliphatic rings. The molecule has 86 valence electrons. The lowest BCUT2D eigenvalue weighted by Crippen LogP contribution is -2.53. The Morgan fingerprint density at radius 2 is 2.06 bits per heavy atom. The van der Waals surface area contributed by atoms with Gasteiger partial charge in [-0.1, -0.05) is 13.8 Å². The van der Waals surface area contributed by atoms with E-state index in [4.69, 9.17) is 10.8 Å². The van der Waals surface area contributed by atoms with Crippen molar-refractivity contribution in [2.24, 2.45) is 5.41 Å². The van der Waals surface area contributed by atoms with Crippen molar-refractivity contribution < 1.29 is 9.90 Å². The lowest BCUT2D eigenvalue weighted by atomic mass is 9.83. The van der Waals surface area contributed by atoms with Gasteiger partial charge in [-0.3, -0.25) is 0 Å². The van der Waals surface area contributed by atoms with Gasteiger partial charge in [-0.25, -0.2) is 4.79 Å². The highest BCUT2D eigenvalue weighted by Crippen LogP contribution is 2.35. The van der Waals surface area contributed by atoms with E-state index in [0.717, 1.165) is 18.8 Å². The van der Waals surface area contributed by atoms with E-state index in [1.54, 1.807) is 12.1 Å². The molecule has 0 aliphatic carbocycles. The topological polar surface area (TPSA) is 66.6 Å². The quantitative estimate of drug-likeness (QED) is 0.746. The number of hydrogen-bond acceptors (Lipinski definition) is 3. The van der Waals surface area contributed by atoms with Gasteiger partial charge in [0, 0.05) is 18.8 Å². The highest BCUT2D eigenvalue weighted by molar-refractivity contribution is 5.95. The van der Waals surface area contributed by atoms with Crippen LogP contribution < -0.4 is 10.6 Å². The van der Waals surface area contributed by atoms with Crippen LogP contribution >= 0.6 is 0 Å². The Morgan fingerprint density at radius 3 is 2.56 bits per heavy atom. The average molecular weight is 220 g/mol. The molecule has 1 heterocycles. The molecule has 1 aromatic rings. The van der Waals surface area contributed by atoms with E-state index in [0.29, 0.717) is 5.69 Å². The van der Waals surface area contributed by atoms with E-state index < -0.39 is 5.97 Å². The molecule has 16 heavy (non-hydrogen) atoms. The number of carboxylic acids is 1. The van der Waals surface area contributed by atoms with Crippen molar-refractivity contribution in [3.8, 4) is 0 Å². The maximum absolute atomic E-state index is 11.1. The molecule has 3 N–H and O–H groups in total. The second-order valence-electron chi connectivity index (χ2n) is 5.10. The number of anilines is 2. The first-order valence-corrected chi connectivity index (χ1v) is 5.27. The first kappa shape index (κ1) is 10.8. The fraction of sp³-hybridized carbons (Fsp3) is 0.417. The van der Waals surface area contributed by atoms with Crippen LogP contribution in [0.25, 0.3) is 0 Å². The van der Waals surface area contributed by atoms with Gasteiger partial charge >= 0.3 is 5.97 Å². The van der Waals surface area contributed by atoms with Gasteiger partial charge in [-0.05, 0) is 23.6 Å². The minimum absolute atomic E-state index is 0.275. The molecule has 0 bridgehead atoms. The predicted molar refractivity (Wildman–Crippen MR) is 63.8 cm³/mol. The van der Waals surface area contributed by atoms with Crippen LogP contribution in [0.15, 0.2) is 18.2 Å². The summed E-state index contributed by atoms with van der Waals surface area (Å²) in [6.07, 6.45) is 0. The average Bonchev–Trinajstić information content (AvgIpc) is 2.14. The lowest BCUT2D eigenvalue weighted by Gasteiger charge is -2.47. The second-order valence-corrected chi connectivity index (χ2v) is 5.10. The summed E-state index contributed by atoms with van der Waals surface area (Å²) in [6, 6.07) is 5.05. The molecule has 0 unspecified atom stereocenters. The Kier molecular flexibility index (Phi) is 2.30. The third kappa shape index (κ3) is 1.83. The van der Waals surface area contributed by atoms with Crippen LogP contribution in [0.2, 0.25) is 0 Å². The first-order chi connectivity index (χ1) is 7.39. The van der Waals surface area contributed by atoms with E-state index >= 15 is 0 Å². The Morgan fingerprint density at radius 1 is 1.44 bits per heavy atom. The minimum atomic E-state index is -0.924. The number of hydrogen-bond donors (Lipinski definition) is 2. The molecule has 0 spiro atoms. The van der Waals surface area contributed by atoms with E-state index in [2.05, 4.69) is 18.7 Å². The smallest absolute Gasteiger partial charge is 0.337 e. The summed E-state index contributed by atoms with van der Waals surface area (Å²) >= 11 is 0. The van der Waals surface area contributed by atoms with E-state index in [1.807, 2.05) is 0 Å². The maximum atomic E-state index is 11.1. The fourth-order valence-corrected chi connectivity index (χ4v) is 2.16. The van der Waals surface area contributed by atoms with Crippen LogP contribution in [0, 0.1) is 5.41 Å². The molecule has 0 atom stereocenters. The highest BCUT2D eigenvalue weighted by Gasteiger charge is 2.35. The van der Waals surface area contributed by atoms with Crippen LogP contribution in [0.5, 0.6) is 0 Å². The predicted octanol–water partition coefficient (Wildman–Crippen LogP) is 1.81. The summed E-state index contributed by atoms with van der Waals surface area (Å²) in [5.41, 5.74) is 7.41. The molecule has 0 amide bonds. The Bertz CT molecular complexity index is 433. The van der Waals surface area contributed by atoms with Crippen molar-refractivity contribution in [2.45, 2.75) is 13.8 Å². The number of carbonyl (C=O) groups is 1. The molecule has 1 aliphatic heterocycles. The van der Waals surface area contributed by atoms with Crippen LogP contribution in [0.4, 0.5) is 11.4 Å². The van der Waals surface area contributed by atoms with Crippen molar-refractivity contribution in [1.29, 1.82) is 0 Å². The second kappa shape index (κ2) is 3.40. The summed E-state index contributed by atoms with van der Waals surface area (Å²) in [6.45, 7) is 6.11. The van der Waals surface area contributed by atoms with Gasteiger partial charge in [-0.2, -0.15) is 0 Å². The molecular formula is C12H16N2O2. The van der Waals surface area contributed by atoms with Crippen molar-refractivity contribution >= 4 is 17.3 Å². The van der Waals surface area contributed by atoms with Crippen LogP contribution in [-0.2, 0) is 0 Å². The Balaban J connectivity index is 2.31. The van der Waals surface area contributed by atoms with Gasteiger partial charge in [0.05, 0.1) is 11.3 Å². The molecule has 1 aromatic carbocycles. The van der Waals surface area contributed by atoms with Gasteiger partial charge < -0.3 is 15.7 Å². The number of aromatic carboxylic acids is 1. The zero-order valence-electron chi connectivity index (χ0n) is 9.53. The van der Waals surface area contributed by atoms with E-state index in [9.17, 15) is 4.79 Å². The Labute approximate surface area is 94.7 Å². The van der Waals surface area contributed by atoms with E-state index in [-0.39, 0.29) is 11.0 Å². The summed E-state index contributed by atoms with van der Waals surface area (Å²) < 4.78 is 0. The minimum Gasteiger partial charge on any atom is -0.478 e. The molecule has 1 saturated heterocycles. The largest absolute Gasteiger partial charge is 0.478 e. The number of nitrogens with two attached hydrogens (primary N) is 1. The lowest BCUT2D eigenvalue weighted by molar-refractivity contribution is 0.0696. The van der Waals surface area contributed by atoms with Crippen molar-refractivity contribution in [3.63, 3.8) is 0 Å². The van der Waals surface area contributed by atoms with Crippen LogP contribution in [0.3, 0.4) is 0 Å². The number of nitrogens with zero attached hydrogens (tertiary/aromatic N) is 1. The number of carboxylic acid groups (broad SMARTS) is 1. The molecular weight excluding hydrogens is 204 g/mol.